The summed E-state index contributed by atoms with van der Waals surface area (Å²) in [6.45, 7) is 4.70. The van der Waals surface area contributed by atoms with Crippen LogP contribution in [0.25, 0.3) is 5.70 Å². The molecule has 0 aliphatic rings. The Morgan fingerprint density at radius 1 is 1.11 bits per heavy atom. The minimum Gasteiger partial charge on any atom is -0.489 e. The van der Waals surface area contributed by atoms with E-state index in [2.05, 4.69) is 12.4 Å². The van der Waals surface area contributed by atoms with Crippen molar-refractivity contribution in [2.45, 2.75) is 39.5 Å². The van der Waals surface area contributed by atoms with E-state index in [-0.39, 0.29) is 6.61 Å². The van der Waals surface area contributed by atoms with Gasteiger partial charge in [-0.05, 0) is 60.9 Å². The molecular formula is C21H24F3NO2. The zero-order chi connectivity index (χ0) is 19.7. The molecule has 3 nitrogen and oxygen atoms in total. The summed E-state index contributed by atoms with van der Waals surface area (Å²) in [5.74, 6) is 0.582. The fraction of sp³-hybridized carbons (Fsp3) is 0.333. The number of rotatable bonds is 9. The molecule has 2 aromatic carbocycles. The largest absolute Gasteiger partial charge is 0.489 e. The molecule has 0 amide bonds. The van der Waals surface area contributed by atoms with Crippen molar-refractivity contribution in [2.24, 2.45) is 0 Å². The second-order valence-corrected chi connectivity index (χ2v) is 6.02. The van der Waals surface area contributed by atoms with Crippen LogP contribution in [-0.4, -0.2) is 6.61 Å². The zero-order valence-electron chi connectivity index (χ0n) is 15.5. The van der Waals surface area contributed by atoms with Crippen molar-refractivity contribution in [3.63, 3.8) is 0 Å². The SMILES string of the molecule is CC=C(NOCCCC)c1ccc(OCc2cccc(C(F)(F)F)c2)cc1. The van der Waals surface area contributed by atoms with Crippen LogP contribution in [0.1, 0.15) is 43.4 Å². The standard InChI is InChI=1S/C21H24F3NO2/c1-3-5-13-27-25-20(4-2)17-9-11-19(12-10-17)26-15-16-7-6-8-18(14-16)21(22,23)24/h4,6-12,14,25H,3,5,13,15H2,1-2H3. The molecule has 0 saturated heterocycles. The molecule has 0 aromatic heterocycles. The summed E-state index contributed by atoms with van der Waals surface area (Å²) in [6.07, 6.45) is -0.408. The number of nitrogens with one attached hydrogen (secondary N) is 1. The lowest BCUT2D eigenvalue weighted by atomic mass is 10.1. The third kappa shape index (κ3) is 6.64. The smallest absolute Gasteiger partial charge is 0.416 e. The van der Waals surface area contributed by atoms with Gasteiger partial charge in [-0.3, -0.25) is 10.3 Å². The van der Waals surface area contributed by atoms with E-state index >= 15 is 0 Å². The van der Waals surface area contributed by atoms with Crippen LogP contribution < -0.4 is 10.2 Å². The summed E-state index contributed by atoms with van der Waals surface area (Å²) in [5, 5.41) is 0. The predicted molar refractivity (Wildman–Crippen MR) is 99.9 cm³/mol. The van der Waals surface area contributed by atoms with E-state index < -0.39 is 11.7 Å². The van der Waals surface area contributed by atoms with Gasteiger partial charge >= 0.3 is 6.18 Å². The molecule has 0 heterocycles. The molecule has 0 atom stereocenters. The van der Waals surface area contributed by atoms with Crippen LogP contribution in [0, 0.1) is 0 Å². The van der Waals surface area contributed by atoms with Gasteiger partial charge in [-0.1, -0.05) is 31.6 Å². The van der Waals surface area contributed by atoms with E-state index in [0.717, 1.165) is 36.2 Å². The first-order valence-corrected chi connectivity index (χ1v) is 8.87. The number of unbranched alkanes of at least 4 members (excludes halogenated alkanes) is 1. The average molecular weight is 379 g/mol. The van der Waals surface area contributed by atoms with E-state index in [9.17, 15) is 13.2 Å². The van der Waals surface area contributed by atoms with Crippen LogP contribution >= 0.6 is 0 Å². The molecule has 0 unspecified atom stereocenters. The summed E-state index contributed by atoms with van der Waals surface area (Å²) in [7, 11) is 0. The van der Waals surface area contributed by atoms with Gasteiger partial charge in [0.15, 0.2) is 0 Å². The number of hydrogen-bond acceptors (Lipinski definition) is 3. The van der Waals surface area contributed by atoms with Crippen LogP contribution in [0.3, 0.4) is 0 Å². The van der Waals surface area contributed by atoms with Gasteiger partial charge in [-0.25, -0.2) is 0 Å². The third-order valence-corrected chi connectivity index (χ3v) is 3.90. The minimum atomic E-state index is -4.35. The Hall–Kier alpha value is -2.47. The highest BCUT2D eigenvalue weighted by atomic mass is 19.4. The number of hydroxylamine groups is 1. The molecule has 6 heteroatoms. The first-order valence-electron chi connectivity index (χ1n) is 8.87. The van der Waals surface area contributed by atoms with E-state index in [4.69, 9.17) is 9.57 Å². The van der Waals surface area contributed by atoms with Crippen molar-refractivity contribution in [3.8, 4) is 5.75 Å². The maximum absolute atomic E-state index is 12.8. The van der Waals surface area contributed by atoms with Crippen molar-refractivity contribution in [1.29, 1.82) is 0 Å². The van der Waals surface area contributed by atoms with Gasteiger partial charge in [0.25, 0.3) is 0 Å². The van der Waals surface area contributed by atoms with Crippen molar-refractivity contribution in [1.82, 2.24) is 5.48 Å². The summed E-state index contributed by atoms with van der Waals surface area (Å²) in [5.41, 5.74) is 4.50. The van der Waals surface area contributed by atoms with Crippen LogP contribution in [0.4, 0.5) is 13.2 Å². The lowest BCUT2D eigenvalue weighted by Crippen LogP contribution is -2.13. The lowest BCUT2D eigenvalue weighted by Gasteiger charge is -2.12. The molecule has 146 valence electrons. The molecule has 0 aliphatic carbocycles. The Morgan fingerprint density at radius 2 is 1.85 bits per heavy atom. The topological polar surface area (TPSA) is 30.5 Å². The van der Waals surface area contributed by atoms with Gasteiger partial charge in [0.05, 0.1) is 17.9 Å². The summed E-state index contributed by atoms with van der Waals surface area (Å²) in [6, 6.07) is 12.4. The van der Waals surface area contributed by atoms with Crippen LogP contribution in [-0.2, 0) is 17.6 Å². The molecule has 2 aromatic rings. The molecule has 2 rings (SSSR count). The van der Waals surface area contributed by atoms with Gasteiger partial charge in [-0.15, -0.1) is 0 Å². The van der Waals surface area contributed by atoms with Crippen molar-refractivity contribution >= 4 is 5.70 Å². The number of allylic oxidation sites excluding steroid dienone is 1. The molecule has 0 spiro atoms. The Balaban J connectivity index is 1.94. The maximum atomic E-state index is 12.8. The number of alkyl halides is 3. The number of benzene rings is 2. The Kier molecular flexibility index (Phi) is 7.73. The number of halogens is 3. The highest BCUT2D eigenvalue weighted by Gasteiger charge is 2.30. The lowest BCUT2D eigenvalue weighted by molar-refractivity contribution is -0.137. The van der Waals surface area contributed by atoms with Crippen molar-refractivity contribution in [3.05, 3.63) is 71.3 Å². The van der Waals surface area contributed by atoms with E-state index in [1.807, 2.05) is 25.1 Å². The number of hydrogen-bond donors (Lipinski definition) is 1. The normalized spacial score (nSPS) is 12.1. The fourth-order valence-corrected chi connectivity index (χ4v) is 2.36. The van der Waals surface area contributed by atoms with E-state index in [1.54, 1.807) is 18.2 Å². The Morgan fingerprint density at radius 3 is 2.48 bits per heavy atom. The van der Waals surface area contributed by atoms with E-state index in [0.29, 0.717) is 17.9 Å². The molecule has 1 N–H and O–H groups in total. The van der Waals surface area contributed by atoms with Gasteiger partial charge < -0.3 is 4.74 Å². The first kappa shape index (κ1) is 20.8. The molecule has 27 heavy (non-hydrogen) atoms. The molecule has 0 fully saturated rings. The molecule has 0 saturated carbocycles. The van der Waals surface area contributed by atoms with Gasteiger partial charge in [0.2, 0.25) is 0 Å². The molecule has 0 bridgehead atoms. The Bertz CT molecular complexity index is 740. The van der Waals surface area contributed by atoms with E-state index in [1.165, 1.54) is 6.07 Å². The van der Waals surface area contributed by atoms with Crippen LogP contribution in [0.2, 0.25) is 0 Å². The monoisotopic (exact) mass is 379 g/mol. The van der Waals surface area contributed by atoms with Gasteiger partial charge in [0, 0.05) is 0 Å². The molecule has 0 radical (unpaired) electrons. The third-order valence-electron chi connectivity index (χ3n) is 3.90. The number of ether oxygens (including phenoxy) is 1. The quantitative estimate of drug-likeness (QED) is 0.430. The summed E-state index contributed by atoms with van der Waals surface area (Å²) < 4.78 is 43.9. The minimum absolute atomic E-state index is 0.0676. The van der Waals surface area contributed by atoms with Crippen LogP contribution in [0.5, 0.6) is 5.75 Å². The second kappa shape index (κ2) is 10.0. The van der Waals surface area contributed by atoms with Crippen molar-refractivity contribution < 1.29 is 22.7 Å². The molecular weight excluding hydrogens is 355 g/mol. The summed E-state index contributed by atoms with van der Waals surface area (Å²) >= 11 is 0. The van der Waals surface area contributed by atoms with Gasteiger partial charge in [-0.2, -0.15) is 13.2 Å². The Labute approximate surface area is 157 Å². The van der Waals surface area contributed by atoms with Crippen LogP contribution in [0.15, 0.2) is 54.6 Å². The van der Waals surface area contributed by atoms with Gasteiger partial charge in [0.1, 0.15) is 12.4 Å². The van der Waals surface area contributed by atoms with Crippen molar-refractivity contribution in [2.75, 3.05) is 6.61 Å². The second-order valence-electron chi connectivity index (χ2n) is 6.02. The fourth-order valence-electron chi connectivity index (χ4n) is 2.36. The zero-order valence-corrected chi connectivity index (χ0v) is 15.5. The highest BCUT2D eigenvalue weighted by Crippen LogP contribution is 2.29. The molecule has 0 aliphatic heterocycles. The average Bonchev–Trinajstić information content (AvgIpc) is 2.67. The maximum Gasteiger partial charge on any atom is 0.416 e. The first-order chi connectivity index (χ1) is 12.9. The summed E-state index contributed by atoms with van der Waals surface area (Å²) in [4.78, 5) is 5.41. The highest BCUT2D eigenvalue weighted by molar-refractivity contribution is 5.63. The predicted octanol–water partition coefficient (Wildman–Crippen LogP) is 5.97.